The van der Waals surface area contributed by atoms with Crippen molar-refractivity contribution in [3.05, 3.63) is 52.1 Å². The fourth-order valence-corrected chi connectivity index (χ4v) is 5.25. The topological polar surface area (TPSA) is 92.0 Å². The quantitative estimate of drug-likeness (QED) is 0.310. The van der Waals surface area contributed by atoms with Crippen molar-refractivity contribution in [1.29, 1.82) is 0 Å². The predicted molar refractivity (Wildman–Crippen MR) is 140 cm³/mol. The van der Waals surface area contributed by atoms with Crippen molar-refractivity contribution in [3.63, 3.8) is 0 Å². The number of rotatable bonds is 9. The zero-order valence-corrected chi connectivity index (χ0v) is 21.2. The first kappa shape index (κ1) is 24.9. The smallest absolute Gasteiger partial charge is 0.293 e. The van der Waals surface area contributed by atoms with Crippen LogP contribution in [0.25, 0.3) is 10.2 Å². The summed E-state index contributed by atoms with van der Waals surface area (Å²) in [4.78, 5) is 35.6. The van der Waals surface area contributed by atoms with Crippen LogP contribution in [0.15, 0.2) is 36.4 Å². The van der Waals surface area contributed by atoms with Crippen LogP contribution >= 0.6 is 11.3 Å². The molecule has 0 spiro atoms. The van der Waals surface area contributed by atoms with E-state index in [9.17, 15) is 14.9 Å². The first-order chi connectivity index (χ1) is 16.9. The second-order valence-electron chi connectivity index (χ2n) is 8.80. The number of nitro benzene ring substituents is 1. The number of carbonyl (C=O) groups is 1. The minimum absolute atomic E-state index is 0.0340. The Balaban J connectivity index is 1.71. The van der Waals surface area contributed by atoms with E-state index in [0.717, 1.165) is 37.1 Å². The Morgan fingerprint density at radius 2 is 1.94 bits per heavy atom. The van der Waals surface area contributed by atoms with Gasteiger partial charge in [-0.3, -0.25) is 19.8 Å². The molecule has 10 heteroatoms. The SMILES string of the molecule is CCOc1cccc2sc(N(CCN(C)C)C(=O)c3ccc(N4CCCCC4)c([N+](=O)[O-])c3)nc12. The normalized spacial score (nSPS) is 13.9. The molecule has 1 fully saturated rings. The first-order valence-corrected chi connectivity index (χ1v) is 12.7. The van der Waals surface area contributed by atoms with Gasteiger partial charge in [0.1, 0.15) is 17.0 Å². The van der Waals surface area contributed by atoms with Crippen LogP contribution in [0.2, 0.25) is 0 Å². The third kappa shape index (κ3) is 5.54. The summed E-state index contributed by atoms with van der Waals surface area (Å²) < 4.78 is 6.64. The van der Waals surface area contributed by atoms with Crippen LogP contribution in [0, 0.1) is 10.1 Å². The van der Waals surface area contributed by atoms with E-state index in [1.54, 1.807) is 17.0 Å². The molecule has 0 unspecified atom stereocenters. The molecule has 1 aliphatic rings. The van der Waals surface area contributed by atoms with Crippen molar-refractivity contribution in [2.24, 2.45) is 0 Å². The monoisotopic (exact) mass is 497 g/mol. The highest BCUT2D eigenvalue weighted by molar-refractivity contribution is 7.22. The Kier molecular flexibility index (Phi) is 7.82. The maximum Gasteiger partial charge on any atom is 0.293 e. The Bertz CT molecular complexity index is 1210. The van der Waals surface area contributed by atoms with Crippen molar-refractivity contribution in [1.82, 2.24) is 9.88 Å². The summed E-state index contributed by atoms with van der Waals surface area (Å²) in [7, 11) is 3.87. The molecule has 1 saturated heterocycles. The van der Waals surface area contributed by atoms with Crippen LogP contribution in [0.4, 0.5) is 16.5 Å². The summed E-state index contributed by atoms with van der Waals surface area (Å²) in [6.07, 6.45) is 3.16. The molecule has 0 aliphatic carbocycles. The van der Waals surface area contributed by atoms with Gasteiger partial charge in [-0.15, -0.1) is 0 Å². The van der Waals surface area contributed by atoms with Crippen LogP contribution in [0.1, 0.15) is 36.5 Å². The lowest BCUT2D eigenvalue weighted by Gasteiger charge is -2.28. The fourth-order valence-electron chi connectivity index (χ4n) is 4.24. The number of hydrogen-bond acceptors (Lipinski definition) is 8. The third-order valence-electron chi connectivity index (χ3n) is 6.03. The molecule has 1 aromatic heterocycles. The molecule has 2 aromatic carbocycles. The van der Waals surface area contributed by atoms with Gasteiger partial charge in [0, 0.05) is 37.8 Å². The average Bonchev–Trinajstić information content (AvgIpc) is 3.29. The number of anilines is 2. The molecule has 1 aliphatic heterocycles. The number of aromatic nitrogens is 1. The van der Waals surface area contributed by atoms with Crippen molar-refractivity contribution < 1.29 is 14.5 Å². The highest BCUT2D eigenvalue weighted by Crippen LogP contribution is 2.36. The molecular weight excluding hydrogens is 466 g/mol. The van der Waals surface area contributed by atoms with E-state index in [1.165, 1.54) is 17.4 Å². The Morgan fingerprint density at radius 1 is 1.17 bits per heavy atom. The summed E-state index contributed by atoms with van der Waals surface area (Å²) in [5, 5.41) is 12.5. The van der Waals surface area contributed by atoms with E-state index in [-0.39, 0.29) is 17.2 Å². The zero-order chi connectivity index (χ0) is 24.9. The molecular formula is C25H31N5O4S. The number of thiazole rings is 1. The van der Waals surface area contributed by atoms with Gasteiger partial charge in [0.25, 0.3) is 11.6 Å². The second kappa shape index (κ2) is 11.0. The number of hydrogen-bond donors (Lipinski definition) is 0. The standard InChI is InChI=1S/C25H31N5O4S/c1-4-34-21-9-8-10-22-23(21)26-25(35-22)29(16-15-27(2)3)24(31)18-11-12-19(20(17-18)30(32)33)28-13-6-5-7-14-28/h8-12,17H,4-7,13-16H2,1-3H3. The highest BCUT2D eigenvalue weighted by atomic mass is 32.1. The van der Waals surface area contributed by atoms with Crippen molar-refractivity contribution in [2.45, 2.75) is 26.2 Å². The summed E-state index contributed by atoms with van der Waals surface area (Å²) >= 11 is 1.41. The van der Waals surface area contributed by atoms with Gasteiger partial charge in [0.2, 0.25) is 0 Å². The second-order valence-corrected chi connectivity index (χ2v) is 9.81. The van der Waals surface area contributed by atoms with E-state index in [2.05, 4.69) is 0 Å². The fraction of sp³-hybridized carbons (Fsp3) is 0.440. The molecule has 1 amide bonds. The maximum atomic E-state index is 13.7. The molecule has 35 heavy (non-hydrogen) atoms. The Morgan fingerprint density at radius 3 is 2.63 bits per heavy atom. The number of ether oxygens (including phenoxy) is 1. The highest BCUT2D eigenvalue weighted by Gasteiger charge is 2.27. The molecule has 2 heterocycles. The van der Waals surface area contributed by atoms with Crippen molar-refractivity contribution >= 4 is 44.0 Å². The maximum absolute atomic E-state index is 13.7. The molecule has 0 atom stereocenters. The molecule has 9 nitrogen and oxygen atoms in total. The number of nitro groups is 1. The number of piperidine rings is 1. The lowest BCUT2D eigenvalue weighted by Crippen LogP contribution is -2.37. The summed E-state index contributed by atoms with van der Waals surface area (Å²) in [5.41, 5.74) is 1.53. The van der Waals surface area contributed by atoms with Crippen molar-refractivity contribution in [2.75, 3.05) is 56.7 Å². The lowest BCUT2D eigenvalue weighted by molar-refractivity contribution is -0.384. The molecule has 0 saturated carbocycles. The van der Waals surface area contributed by atoms with E-state index in [0.29, 0.717) is 41.8 Å². The molecule has 186 valence electrons. The minimum atomic E-state index is -0.392. The molecule has 0 N–H and O–H groups in total. The van der Waals surface area contributed by atoms with Gasteiger partial charge >= 0.3 is 0 Å². The Hall–Kier alpha value is -3.24. The Labute approximate surface area is 209 Å². The van der Waals surface area contributed by atoms with Gasteiger partial charge in [0.05, 0.1) is 16.2 Å². The van der Waals surface area contributed by atoms with Crippen LogP contribution < -0.4 is 14.5 Å². The van der Waals surface area contributed by atoms with Gasteiger partial charge < -0.3 is 14.5 Å². The molecule has 3 aromatic rings. The lowest BCUT2D eigenvalue weighted by atomic mass is 10.1. The number of nitrogens with zero attached hydrogens (tertiary/aromatic N) is 5. The van der Waals surface area contributed by atoms with Gasteiger partial charge in [-0.25, -0.2) is 4.98 Å². The van der Waals surface area contributed by atoms with E-state index >= 15 is 0 Å². The predicted octanol–water partition coefficient (Wildman–Crippen LogP) is 4.80. The minimum Gasteiger partial charge on any atom is -0.492 e. The van der Waals surface area contributed by atoms with Gasteiger partial charge in [-0.05, 0) is 64.5 Å². The van der Waals surface area contributed by atoms with Crippen LogP contribution in [-0.4, -0.2) is 67.6 Å². The van der Waals surface area contributed by atoms with Crippen molar-refractivity contribution in [3.8, 4) is 5.75 Å². The number of para-hydroxylation sites is 1. The average molecular weight is 498 g/mol. The zero-order valence-electron chi connectivity index (χ0n) is 20.4. The van der Waals surface area contributed by atoms with Gasteiger partial charge in [-0.1, -0.05) is 17.4 Å². The third-order valence-corrected chi connectivity index (χ3v) is 7.08. The molecule has 0 bridgehead atoms. The summed E-state index contributed by atoms with van der Waals surface area (Å²) in [6.45, 7) is 5.03. The number of amides is 1. The van der Waals surface area contributed by atoms with Crippen LogP contribution in [0.3, 0.4) is 0 Å². The van der Waals surface area contributed by atoms with Gasteiger partial charge in [0.15, 0.2) is 5.13 Å². The van der Waals surface area contributed by atoms with Crippen LogP contribution in [-0.2, 0) is 0 Å². The number of fused-ring (bicyclic) bond motifs is 1. The van der Waals surface area contributed by atoms with E-state index in [4.69, 9.17) is 9.72 Å². The largest absolute Gasteiger partial charge is 0.492 e. The number of carbonyl (C=O) groups excluding carboxylic acids is 1. The number of likely N-dealkylation sites (N-methyl/N-ethyl adjacent to an activating group) is 1. The first-order valence-electron chi connectivity index (χ1n) is 11.9. The van der Waals surface area contributed by atoms with Gasteiger partial charge in [-0.2, -0.15) is 0 Å². The number of benzene rings is 2. The van der Waals surface area contributed by atoms with E-state index in [1.807, 2.05) is 49.0 Å². The molecule has 0 radical (unpaired) electrons. The summed E-state index contributed by atoms with van der Waals surface area (Å²) in [5.74, 6) is 0.367. The van der Waals surface area contributed by atoms with E-state index < -0.39 is 4.92 Å². The summed E-state index contributed by atoms with van der Waals surface area (Å²) in [6, 6.07) is 10.5. The van der Waals surface area contributed by atoms with Crippen LogP contribution in [0.5, 0.6) is 5.75 Å². The molecule has 4 rings (SSSR count).